The lowest BCUT2D eigenvalue weighted by molar-refractivity contribution is -0.142. The van der Waals surface area contributed by atoms with Crippen LogP contribution in [0.2, 0.25) is 0 Å². The van der Waals surface area contributed by atoms with Crippen molar-refractivity contribution in [3.8, 4) is 0 Å². The van der Waals surface area contributed by atoms with Crippen LogP contribution in [-0.2, 0) is 9.53 Å². The van der Waals surface area contributed by atoms with Gasteiger partial charge in [0, 0.05) is 19.6 Å². The molecule has 7 nitrogen and oxygen atoms in total. The molecular formula is C12H22N2O5. The van der Waals surface area contributed by atoms with Gasteiger partial charge in [-0.1, -0.05) is 0 Å². The molecule has 19 heavy (non-hydrogen) atoms. The van der Waals surface area contributed by atoms with Crippen molar-refractivity contribution in [2.24, 2.45) is 5.92 Å². The van der Waals surface area contributed by atoms with Crippen LogP contribution in [0.3, 0.4) is 0 Å². The van der Waals surface area contributed by atoms with Gasteiger partial charge in [-0.05, 0) is 25.7 Å². The second-order valence-electron chi connectivity index (χ2n) is 4.74. The van der Waals surface area contributed by atoms with Crippen LogP contribution in [-0.4, -0.2) is 66.1 Å². The van der Waals surface area contributed by atoms with E-state index in [9.17, 15) is 14.7 Å². The fraction of sp³-hybridized carbons (Fsp3) is 0.833. The number of aliphatic hydroxyl groups excluding tert-OH is 1. The van der Waals surface area contributed by atoms with Gasteiger partial charge < -0.3 is 25.2 Å². The molecule has 110 valence electrons. The van der Waals surface area contributed by atoms with Crippen LogP contribution >= 0.6 is 0 Å². The zero-order valence-corrected chi connectivity index (χ0v) is 11.2. The average Bonchev–Trinajstić information content (AvgIpc) is 2.37. The maximum Gasteiger partial charge on any atom is 0.329 e. The number of piperidine rings is 1. The highest BCUT2D eigenvalue weighted by molar-refractivity contribution is 5.74. The number of likely N-dealkylation sites (tertiary alicyclic amines) is 1. The quantitative estimate of drug-likeness (QED) is 0.587. The summed E-state index contributed by atoms with van der Waals surface area (Å²) in [5.41, 5.74) is 0. The third-order valence-corrected chi connectivity index (χ3v) is 3.26. The SMILES string of the molecule is CC(O)C1CCN(C(=O)NCCOCC(=O)O)CC1. The number of urea groups is 1. The summed E-state index contributed by atoms with van der Waals surface area (Å²) >= 11 is 0. The Labute approximate surface area is 112 Å². The topological polar surface area (TPSA) is 99.1 Å². The zero-order valence-electron chi connectivity index (χ0n) is 11.2. The molecule has 1 rings (SSSR count). The van der Waals surface area contributed by atoms with Gasteiger partial charge in [0.15, 0.2) is 0 Å². The molecule has 0 aromatic rings. The molecule has 7 heteroatoms. The van der Waals surface area contributed by atoms with Crippen LogP contribution in [0.1, 0.15) is 19.8 Å². The van der Waals surface area contributed by atoms with E-state index < -0.39 is 5.97 Å². The van der Waals surface area contributed by atoms with Gasteiger partial charge in [0.1, 0.15) is 6.61 Å². The normalized spacial score (nSPS) is 18.1. The van der Waals surface area contributed by atoms with Crippen molar-refractivity contribution in [2.75, 3.05) is 32.8 Å². The maximum atomic E-state index is 11.8. The largest absolute Gasteiger partial charge is 0.480 e. The van der Waals surface area contributed by atoms with E-state index in [1.54, 1.807) is 11.8 Å². The molecule has 1 fully saturated rings. The van der Waals surface area contributed by atoms with Crippen molar-refractivity contribution < 1.29 is 24.5 Å². The number of carboxylic acids is 1. The van der Waals surface area contributed by atoms with E-state index in [0.29, 0.717) is 19.6 Å². The van der Waals surface area contributed by atoms with Gasteiger partial charge in [0.25, 0.3) is 0 Å². The van der Waals surface area contributed by atoms with E-state index in [0.717, 1.165) is 12.8 Å². The van der Waals surface area contributed by atoms with Gasteiger partial charge in [-0.3, -0.25) is 0 Å². The predicted octanol–water partition coefficient (Wildman–Crippen LogP) is -0.110. The number of nitrogens with zero attached hydrogens (tertiary/aromatic N) is 1. The van der Waals surface area contributed by atoms with Crippen molar-refractivity contribution in [1.29, 1.82) is 0 Å². The number of hydrogen-bond acceptors (Lipinski definition) is 4. The van der Waals surface area contributed by atoms with Crippen LogP contribution in [0.25, 0.3) is 0 Å². The second-order valence-corrected chi connectivity index (χ2v) is 4.74. The van der Waals surface area contributed by atoms with E-state index in [1.807, 2.05) is 0 Å². The third-order valence-electron chi connectivity index (χ3n) is 3.26. The van der Waals surface area contributed by atoms with E-state index >= 15 is 0 Å². The molecular weight excluding hydrogens is 252 g/mol. The summed E-state index contributed by atoms with van der Waals surface area (Å²) in [6, 6.07) is -0.164. The molecule has 2 amide bonds. The zero-order chi connectivity index (χ0) is 14.3. The Morgan fingerprint density at radius 3 is 2.58 bits per heavy atom. The van der Waals surface area contributed by atoms with Crippen molar-refractivity contribution in [2.45, 2.75) is 25.9 Å². The first-order valence-electron chi connectivity index (χ1n) is 6.51. The van der Waals surface area contributed by atoms with Gasteiger partial charge in [0.2, 0.25) is 0 Å². The lowest BCUT2D eigenvalue weighted by atomic mass is 9.92. The standard InChI is InChI=1S/C12H22N2O5/c1-9(15)10-2-5-14(6-3-10)12(18)13-4-7-19-8-11(16)17/h9-10,15H,2-8H2,1H3,(H,13,18)(H,16,17). The first-order valence-corrected chi connectivity index (χ1v) is 6.51. The smallest absolute Gasteiger partial charge is 0.329 e. The van der Waals surface area contributed by atoms with Crippen molar-refractivity contribution in [3.05, 3.63) is 0 Å². The van der Waals surface area contributed by atoms with Gasteiger partial charge in [-0.25, -0.2) is 9.59 Å². The lowest BCUT2D eigenvalue weighted by Gasteiger charge is -2.33. The summed E-state index contributed by atoms with van der Waals surface area (Å²) in [5, 5.41) is 20.5. The van der Waals surface area contributed by atoms with Crippen molar-refractivity contribution >= 4 is 12.0 Å². The summed E-state index contributed by atoms with van der Waals surface area (Å²) in [6.45, 7) is 3.18. The van der Waals surface area contributed by atoms with Crippen LogP contribution in [0.5, 0.6) is 0 Å². The Balaban J connectivity index is 2.12. The van der Waals surface area contributed by atoms with E-state index in [4.69, 9.17) is 9.84 Å². The summed E-state index contributed by atoms with van der Waals surface area (Å²) in [5.74, 6) is -0.755. The molecule has 0 saturated carbocycles. The molecule has 0 aromatic carbocycles. The Bertz CT molecular complexity index is 300. The Hall–Kier alpha value is -1.34. The monoisotopic (exact) mass is 274 g/mol. The number of amides is 2. The highest BCUT2D eigenvalue weighted by Crippen LogP contribution is 2.20. The molecule has 1 heterocycles. The summed E-state index contributed by atoms with van der Waals surface area (Å²) in [7, 11) is 0. The molecule has 1 unspecified atom stereocenters. The second kappa shape index (κ2) is 7.96. The Kier molecular flexibility index (Phi) is 6.58. The Morgan fingerprint density at radius 1 is 1.42 bits per heavy atom. The van der Waals surface area contributed by atoms with Gasteiger partial charge in [0.05, 0.1) is 12.7 Å². The van der Waals surface area contributed by atoms with E-state index in [1.165, 1.54) is 0 Å². The number of aliphatic hydroxyl groups is 1. The first-order chi connectivity index (χ1) is 9.00. The molecule has 0 spiro atoms. The predicted molar refractivity (Wildman–Crippen MR) is 67.8 cm³/mol. The number of nitrogens with one attached hydrogen (secondary N) is 1. The van der Waals surface area contributed by atoms with E-state index in [2.05, 4.69) is 5.32 Å². The number of carboxylic acid groups (broad SMARTS) is 1. The van der Waals surface area contributed by atoms with Crippen LogP contribution in [0.4, 0.5) is 4.79 Å². The number of carbonyl (C=O) groups is 2. The number of aliphatic carboxylic acids is 1. The highest BCUT2D eigenvalue weighted by Gasteiger charge is 2.25. The molecule has 0 aliphatic carbocycles. The van der Waals surface area contributed by atoms with Crippen molar-refractivity contribution in [1.82, 2.24) is 10.2 Å². The number of hydrogen-bond donors (Lipinski definition) is 3. The number of carbonyl (C=O) groups excluding carboxylic acids is 1. The minimum absolute atomic E-state index is 0.164. The minimum Gasteiger partial charge on any atom is -0.480 e. The molecule has 1 aliphatic rings. The lowest BCUT2D eigenvalue weighted by Crippen LogP contribution is -2.46. The van der Waals surface area contributed by atoms with Crippen LogP contribution in [0, 0.1) is 5.92 Å². The molecule has 1 atom stereocenters. The highest BCUT2D eigenvalue weighted by atomic mass is 16.5. The molecule has 1 saturated heterocycles. The summed E-state index contributed by atoms with van der Waals surface area (Å²) in [6.07, 6.45) is 1.29. The fourth-order valence-electron chi connectivity index (χ4n) is 2.09. The molecule has 0 radical (unpaired) electrons. The summed E-state index contributed by atoms with van der Waals surface area (Å²) < 4.78 is 4.82. The third kappa shape index (κ3) is 5.89. The first kappa shape index (κ1) is 15.7. The van der Waals surface area contributed by atoms with Crippen molar-refractivity contribution in [3.63, 3.8) is 0 Å². The van der Waals surface area contributed by atoms with Gasteiger partial charge in [-0.2, -0.15) is 0 Å². The molecule has 0 aromatic heterocycles. The molecule has 1 aliphatic heterocycles. The number of rotatable bonds is 6. The number of ether oxygens (including phenoxy) is 1. The van der Waals surface area contributed by atoms with Gasteiger partial charge >= 0.3 is 12.0 Å². The minimum atomic E-state index is -1.02. The Morgan fingerprint density at radius 2 is 2.05 bits per heavy atom. The van der Waals surface area contributed by atoms with Gasteiger partial charge in [-0.15, -0.1) is 0 Å². The van der Waals surface area contributed by atoms with Crippen LogP contribution < -0.4 is 5.32 Å². The molecule has 3 N–H and O–H groups in total. The van der Waals surface area contributed by atoms with Crippen LogP contribution in [0.15, 0.2) is 0 Å². The van der Waals surface area contributed by atoms with E-state index in [-0.39, 0.29) is 31.3 Å². The summed E-state index contributed by atoms with van der Waals surface area (Å²) in [4.78, 5) is 23.6. The molecule has 0 bridgehead atoms. The average molecular weight is 274 g/mol. The maximum absolute atomic E-state index is 11.8. The fourth-order valence-corrected chi connectivity index (χ4v) is 2.09.